The molecule has 0 radical (unpaired) electrons. The summed E-state index contributed by atoms with van der Waals surface area (Å²) in [6, 6.07) is 9.32. The average Bonchev–Trinajstić information content (AvgIpc) is 2.46. The topological polar surface area (TPSA) is 32.3 Å². The monoisotopic (exact) mass is 259 g/mol. The summed E-state index contributed by atoms with van der Waals surface area (Å²) in [6.07, 6.45) is 8.31. The number of fused-ring (bicyclic) bond motifs is 1. The van der Waals surface area contributed by atoms with Gasteiger partial charge in [-0.05, 0) is 49.1 Å². The lowest BCUT2D eigenvalue weighted by molar-refractivity contribution is 0.0677. The zero-order valence-electron chi connectivity index (χ0n) is 11.6. The zero-order chi connectivity index (χ0) is 13.1. The van der Waals surface area contributed by atoms with Crippen LogP contribution in [0.15, 0.2) is 24.3 Å². The Kier molecular flexibility index (Phi) is 4.19. The number of rotatable bonds is 3. The minimum absolute atomic E-state index is 0.0833. The van der Waals surface area contributed by atoms with Gasteiger partial charge in [0.2, 0.25) is 0 Å². The molecular formula is C17H25NO. The molecule has 0 saturated heterocycles. The van der Waals surface area contributed by atoms with E-state index in [1.807, 2.05) is 0 Å². The third kappa shape index (κ3) is 3.01. The summed E-state index contributed by atoms with van der Waals surface area (Å²) in [5, 5.41) is 13.8. The second-order valence-electron chi connectivity index (χ2n) is 6.16. The molecule has 1 saturated carbocycles. The van der Waals surface area contributed by atoms with Gasteiger partial charge in [0.1, 0.15) is 0 Å². The van der Waals surface area contributed by atoms with Crippen LogP contribution in [0.25, 0.3) is 0 Å². The first kappa shape index (κ1) is 13.1. The summed E-state index contributed by atoms with van der Waals surface area (Å²) in [6.45, 7) is 0.972. The summed E-state index contributed by atoms with van der Waals surface area (Å²) in [5.41, 5.74) is 2.99. The molecule has 2 aliphatic rings. The van der Waals surface area contributed by atoms with Crippen LogP contribution in [0.5, 0.6) is 0 Å². The highest BCUT2D eigenvalue weighted by molar-refractivity contribution is 5.32. The molecule has 0 bridgehead atoms. The molecule has 2 nitrogen and oxygen atoms in total. The van der Waals surface area contributed by atoms with Gasteiger partial charge in [-0.15, -0.1) is 0 Å². The molecule has 2 aliphatic carbocycles. The molecule has 2 heteroatoms. The van der Waals surface area contributed by atoms with E-state index in [4.69, 9.17) is 0 Å². The third-order valence-electron chi connectivity index (χ3n) is 4.86. The number of benzene rings is 1. The Morgan fingerprint density at radius 2 is 1.89 bits per heavy atom. The fourth-order valence-corrected chi connectivity index (χ4v) is 3.69. The number of aliphatic hydroxyl groups is 1. The van der Waals surface area contributed by atoms with Gasteiger partial charge in [0, 0.05) is 12.6 Å². The number of aliphatic hydroxyl groups excluding tert-OH is 1. The molecule has 3 atom stereocenters. The largest absolute Gasteiger partial charge is 0.393 e. The fourth-order valence-electron chi connectivity index (χ4n) is 3.69. The van der Waals surface area contributed by atoms with Gasteiger partial charge in [0.05, 0.1) is 6.10 Å². The average molecular weight is 259 g/mol. The molecule has 3 rings (SSSR count). The molecule has 3 unspecified atom stereocenters. The normalized spacial score (nSPS) is 30.9. The maximum Gasteiger partial charge on any atom is 0.0580 e. The molecule has 0 aliphatic heterocycles. The Balaban J connectivity index is 1.61. The third-order valence-corrected chi connectivity index (χ3v) is 4.86. The first-order valence-electron chi connectivity index (χ1n) is 7.84. The smallest absolute Gasteiger partial charge is 0.0580 e. The lowest BCUT2D eigenvalue weighted by Crippen LogP contribution is -2.36. The van der Waals surface area contributed by atoms with Crippen LogP contribution in [0.2, 0.25) is 0 Å². The van der Waals surface area contributed by atoms with Crippen molar-refractivity contribution in [2.24, 2.45) is 5.92 Å². The van der Waals surface area contributed by atoms with Crippen LogP contribution in [0.3, 0.4) is 0 Å². The van der Waals surface area contributed by atoms with Crippen LogP contribution >= 0.6 is 0 Å². The number of aryl methyl sites for hydroxylation is 1. The molecule has 0 spiro atoms. The van der Waals surface area contributed by atoms with Crippen LogP contribution in [0.1, 0.15) is 55.7 Å². The van der Waals surface area contributed by atoms with Gasteiger partial charge in [-0.25, -0.2) is 0 Å². The summed E-state index contributed by atoms with van der Waals surface area (Å²) in [4.78, 5) is 0. The second kappa shape index (κ2) is 6.06. The Hall–Kier alpha value is -0.860. The first-order chi connectivity index (χ1) is 9.34. The van der Waals surface area contributed by atoms with Crippen molar-refractivity contribution in [2.45, 2.75) is 57.1 Å². The van der Waals surface area contributed by atoms with Gasteiger partial charge in [0.15, 0.2) is 0 Å². The van der Waals surface area contributed by atoms with Crippen LogP contribution in [0.4, 0.5) is 0 Å². The standard InChI is InChI=1S/C17H25NO/c19-17-11-4-2-7-14(17)12-18-16-10-5-8-13-6-1-3-9-15(13)16/h1,3,6,9,14,16-19H,2,4-5,7-8,10-12H2. The molecular weight excluding hydrogens is 234 g/mol. The van der Waals surface area contributed by atoms with Crippen molar-refractivity contribution in [2.75, 3.05) is 6.54 Å². The fraction of sp³-hybridized carbons (Fsp3) is 0.647. The highest BCUT2D eigenvalue weighted by atomic mass is 16.3. The lowest BCUT2D eigenvalue weighted by Gasteiger charge is -2.32. The Bertz CT molecular complexity index is 417. The highest BCUT2D eigenvalue weighted by Gasteiger charge is 2.25. The van der Waals surface area contributed by atoms with Gasteiger partial charge < -0.3 is 10.4 Å². The van der Waals surface area contributed by atoms with Crippen LogP contribution < -0.4 is 5.32 Å². The van der Waals surface area contributed by atoms with Crippen LogP contribution in [-0.4, -0.2) is 17.8 Å². The molecule has 0 aromatic heterocycles. The van der Waals surface area contributed by atoms with Gasteiger partial charge >= 0.3 is 0 Å². The van der Waals surface area contributed by atoms with Gasteiger partial charge in [0.25, 0.3) is 0 Å². The molecule has 1 aromatic rings. The van der Waals surface area contributed by atoms with Crippen molar-refractivity contribution >= 4 is 0 Å². The molecule has 104 valence electrons. The molecule has 19 heavy (non-hydrogen) atoms. The van der Waals surface area contributed by atoms with Crippen LogP contribution in [-0.2, 0) is 6.42 Å². The Labute approximate surface area is 116 Å². The minimum atomic E-state index is -0.0833. The summed E-state index contributed by atoms with van der Waals surface area (Å²) in [5.74, 6) is 0.461. The number of hydrogen-bond acceptors (Lipinski definition) is 2. The molecule has 0 heterocycles. The van der Waals surface area contributed by atoms with Crippen molar-refractivity contribution in [3.63, 3.8) is 0 Å². The van der Waals surface area contributed by atoms with Crippen molar-refractivity contribution in [1.82, 2.24) is 5.32 Å². The zero-order valence-corrected chi connectivity index (χ0v) is 11.6. The molecule has 0 amide bonds. The van der Waals surface area contributed by atoms with Gasteiger partial charge in [-0.3, -0.25) is 0 Å². The van der Waals surface area contributed by atoms with Crippen LogP contribution in [0, 0.1) is 5.92 Å². The minimum Gasteiger partial charge on any atom is -0.393 e. The maximum absolute atomic E-state index is 10.1. The van der Waals surface area contributed by atoms with Crippen molar-refractivity contribution in [1.29, 1.82) is 0 Å². The molecule has 1 fully saturated rings. The van der Waals surface area contributed by atoms with E-state index in [-0.39, 0.29) is 6.10 Å². The predicted molar refractivity (Wildman–Crippen MR) is 78.1 cm³/mol. The highest BCUT2D eigenvalue weighted by Crippen LogP contribution is 2.30. The predicted octanol–water partition coefficient (Wildman–Crippen LogP) is 3.20. The van der Waals surface area contributed by atoms with E-state index in [9.17, 15) is 5.11 Å². The molecule has 2 N–H and O–H groups in total. The van der Waals surface area contributed by atoms with E-state index in [1.165, 1.54) is 49.7 Å². The van der Waals surface area contributed by atoms with E-state index in [2.05, 4.69) is 29.6 Å². The first-order valence-corrected chi connectivity index (χ1v) is 7.84. The number of nitrogens with one attached hydrogen (secondary N) is 1. The summed E-state index contributed by atoms with van der Waals surface area (Å²) < 4.78 is 0. The van der Waals surface area contributed by atoms with Gasteiger partial charge in [-0.2, -0.15) is 0 Å². The quantitative estimate of drug-likeness (QED) is 0.873. The number of hydrogen-bond donors (Lipinski definition) is 2. The van der Waals surface area contributed by atoms with E-state index < -0.39 is 0 Å². The van der Waals surface area contributed by atoms with E-state index in [0.717, 1.165) is 13.0 Å². The summed E-state index contributed by atoms with van der Waals surface area (Å²) in [7, 11) is 0. The maximum atomic E-state index is 10.1. The summed E-state index contributed by atoms with van der Waals surface area (Å²) >= 11 is 0. The van der Waals surface area contributed by atoms with E-state index in [0.29, 0.717) is 12.0 Å². The second-order valence-corrected chi connectivity index (χ2v) is 6.16. The molecule has 1 aromatic carbocycles. The lowest BCUT2D eigenvalue weighted by atomic mass is 9.84. The van der Waals surface area contributed by atoms with Crippen molar-refractivity contribution in [3.8, 4) is 0 Å². The van der Waals surface area contributed by atoms with E-state index >= 15 is 0 Å². The van der Waals surface area contributed by atoms with Gasteiger partial charge in [-0.1, -0.05) is 37.1 Å². The van der Waals surface area contributed by atoms with Crippen molar-refractivity contribution in [3.05, 3.63) is 35.4 Å². The SMILES string of the molecule is OC1CCCCC1CNC1CCCc2ccccc21. The Morgan fingerprint density at radius 1 is 1.05 bits per heavy atom. The van der Waals surface area contributed by atoms with Crippen molar-refractivity contribution < 1.29 is 5.11 Å². The van der Waals surface area contributed by atoms with E-state index in [1.54, 1.807) is 0 Å². The Morgan fingerprint density at radius 3 is 2.79 bits per heavy atom.